The van der Waals surface area contributed by atoms with Gasteiger partial charge in [-0.3, -0.25) is 5.32 Å². The van der Waals surface area contributed by atoms with Gasteiger partial charge in [-0.05, 0) is 29.8 Å². The van der Waals surface area contributed by atoms with Gasteiger partial charge in [0.25, 0.3) is 0 Å². The first-order chi connectivity index (χ1) is 9.67. The second-order valence-corrected chi connectivity index (χ2v) is 4.45. The largest absolute Gasteiger partial charge is 0.497 e. The number of aromatic nitrogens is 1. The second-order valence-electron chi connectivity index (χ2n) is 4.02. The smallest absolute Gasteiger partial charge is 0.320 e. The Morgan fingerprint density at radius 1 is 1.30 bits per heavy atom. The van der Waals surface area contributed by atoms with E-state index in [1.54, 1.807) is 19.2 Å². The second kappa shape index (κ2) is 6.77. The van der Waals surface area contributed by atoms with Crippen LogP contribution in [-0.2, 0) is 6.54 Å². The molecule has 104 valence electrons. The van der Waals surface area contributed by atoms with E-state index in [-0.39, 0.29) is 6.03 Å². The number of halogens is 1. The molecule has 2 rings (SSSR count). The van der Waals surface area contributed by atoms with Crippen LogP contribution in [0.15, 0.2) is 42.6 Å². The third-order valence-corrected chi connectivity index (χ3v) is 2.81. The number of rotatable bonds is 4. The van der Waals surface area contributed by atoms with E-state index < -0.39 is 0 Å². The Labute approximate surface area is 121 Å². The quantitative estimate of drug-likeness (QED) is 0.910. The van der Waals surface area contributed by atoms with Crippen molar-refractivity contribution in [1.29, 1.82) is 0 Å². The zero-order valence-electron chi connectivity index (χ0n) is 10.9. The highest BCUT2D eigenvalue weighted by Gasteiger charge is 2.03. The molecule has 0 saturated heterocycles. The van der Waals surface area contributed by atoms with Gasteiger partial charge >= 0.3 is 6.03 Å². The minimum atomic E-state index is -0.337. The number of ether oxygens (including phenoxy) is 1. The molecule has 0 aliphatic carbocycles. The molecule has 0 fully saturated rings. The summed E-state index contributed by atoms with van der Waals surface area (Å²) in [6.07, 6.45) is 1.53. The van der Waals surface area contributed by atoms with Gasteiger partial charge in [-0.2, -0.15) is 0 Å². The fourth-order valence-corrected chi connectivity index (χ4v) is 1.72. The maximum Gasteiger partial charge on any atom is 0.320 e. The Kier molecular flexibility index (Phi) is 4.79. The monoisotopic (exact) mass is 291 g/mol. The van der Waals surface area contributed by atoms with Gasteiger partial charge in [0, 0.05) is 17.8 Å². The highest BCUT2D eigenvalue weighted by molar-refractivity contribution is 6.30. The molecule has 2 N–H and O–H groups in total. The first-order valence-electron chi connectivity index (χ1n) is 5.97. The SMILES string of the molecule is COc1ccc(CNC(=O)Nc2cc(Cl)ccn2)cc1. The Morgan fingerprint density at radius 2 is 2.05 bits per heavy atom. The van der Waals surface area contributed by atoms with E-state index in [1.165, 1.54) is 6.20 Å². The van der Waals surface area contributed by atoms with Gasteiger partial charge in [0.2, 0.25) is 0 Å². The molecule has 0 aliphatic heterocycles. The molecule has 1 aromatic carbocycles. The Hall–Kier alpha value is -2.27. The first kappa shape index (κ1) is 14.1. The van der Waals surface area contributed by atoms with Crippen molar-refractivity contribution in [2.75, 3.05) is 12.4 Å². The molecular formula is C14H14ClN3O2. The normalized spacial score (nSPS) is 9.90. The van der Waals surface area contributed by atoms with Crippen molar-refractivity contribution >= 4 is 23.4 Å². The maximum atomic E-state index is 11.7. The minimum absolute atomic E-state index is 0.337. The van der Waals surface area contributed by atoms with Gasteiger partial charge < -0.3 is 10.1 Å². The standard InChI is InChI=1S/C14H14ClN3O2/c1-20-12-4-2-10(3-5-12)9-17-14(19)18-13-8-11(15)6-7-16-13/h2-8H,9H2,1H3,(H2,16,17,18,19). The lowest BCUT2D eigenvalue weighted by atomic mass is 10.2. The Morgan fingerprint density at radius 3 is 2.70 bits per heavy atom. The molecule has 0 bridgehead atoms. The molecule has 2 aromatic rings. The van der Waals surface area contributed by atoms with E-state index >= 15 is 0 Å². The molecule has 2 amide bonds. The average molecular weight is 292 g/mol. The van der Waals surface area contributed by atoms with Crippen molar-refractivity contribution in [3.63, 3.8) is 0 Å². The number of urea groups is 1. The predicted octanol–water partition coefficient (Wildman–Crippen LogP) is 3.07. The van der Waals surface area contributed by atoms with E-state index in [0.717, 1.165) is 11.3 Å². The van der Waals surface area contributed by atoms with Crippen LogP contribution < -0.4 is 15.4 Å². The summed E-state index contributed by atoms with van der Waals surface area (Å²) in [7, 11) is 1.61. The van der Waals surface area contributed by atoms with Crippen molar-refractivity contribution < 1.29 is 9.53 Å². The molecule has 6 heteroatoms. The molecule has 0 radical (unpaired) electrons. The Bertz CT molecular complexity index is 587. The molecule has 5 nitrogen and oxygen atoms in total. The summed E-state index contributed by atoms with van der Waals surface area (Å²) < 4.78 is 5.06. The first-order valence-corrected chi connectivity index (χ1v) is 6.34. The number of methoxy groups -OCH3 is 1. The van der Waals surface area contributed by atoms with Crippen LogP contribution in [0, 0.1) is 0 Å². The summed E-state index contributed by atoms with van der Waals surface area (Å²) in [6.45, 7) is 0.413. The number of hydrogen-bond donors (Lipinski definition) is 2. The van der Waals surface area contributed by atoms with Crippen molar-refractivity contribution in [2.45, 2.75) is 6.54 Å². The molecular weight excluding hydrogens is 278 g/mol. The Balaban J connectivity index is 1.85. The lowest BCUT2D eigenvalue weighted by Gasteiger charge is -2.07. The van der Waals surface area contributed by atoms with Gasteiger partial charge in [-0.25, -0.2) is 9.78 Å². The average Bonchev–Trinajstić information content (AvgIpc) is 2.46. The van der Waals surface area contributed by atoms with Crippen molar-refractivity contribution in [2.24, 2.45) is 0 Å². The van der Waals surface area contributed by atoms with Crippen LogP contribution >= 0.6 is 11.6 Å². The molecule has 0 spiro atoms. The number of benzene rings is 1. The zero-order valence-corrected chi connectivity index (χ0v) is 11.6. The summed E-state index contributed by atoms with van der Waals surface area (Å²) in [6, 6.07) is 10.3. The third kappa shape index (κ3) is 4.13. The molecule has 1 aromatic heterocycles. The van der Waals surface area contributed by atoms with Crippen LogP contribution in [0.1, 0.15) is 5.56 Å². The molecule has 0 unspecified atom stereocenters. The van der Waals surface area contributed by atoms with E-state index in [4.69, 9.17) is 16.3 Å². The summed E-state index contributed by atoms with van der Waals surface area (Å²) in [4.78, 5) is 15.7. The predicted molar refractivity (Wildman–Crippen MR) is 78.1 cm³/mol. The van der Waals surface area contributed by atoms with Crippen LogP contribution in [-0.4, -0.2) is 18.1 Å². The number of nitrogens with one attached hydrogen (secondary N) is 2. The van der Waals surface area contributed by atoms with Crippen LogP contribution in [0.4, 0.5) is 10.6 Å². The van der Waals surface area contributed by atoms with E-state index in [0.29, 0.717) is 17.4 Å². The number of amides is 2. The minimum Gasteiger partial charge on any atom is -0.497 e. The molecule has 0 atom stereocenters. The number of nitrogens with zero attached hydrogens (tertiary/aromatic N) is 1. The fraction of sp³-hybridized carbons (Fsp3) is 0.143. The van der Waals surface area contributed by atoms with Gasteiger partial charge in [-0.15, -0.1) is 0 Å². The summed E-state index contributed by atoms with van der Waals surface area (Å²) in [5.41, 5.74) is 0.972. The molecule has 20 heavy (non-hydrogen) atoms. The lowest BCUT2D eigenvalue weighted by molar-refractivity contribution is 0.251. The molecule has 0 saturated carbocycles. The topological polar surface area (TPSA) is 63.2 Å². The van der Waals surface area contributed by atoms with E-state index in [1.807, 2.05) is 24.3 Å². The van der Waals surface area contributed by atoms with Crippen molar-refractivity contribution in [1.82, 2.24) is 10.3 Å². The molecule has 0 aliphatic rings. The fourth-order valence-electron chi connectivity index (χ4n) is 1.56. The zero-order chi connectivity index (χ0) is 14.4. The van der Waals surface area contributed by atoms with Crippen molar-refractivity contribution in [3.05, 3.63) is 53.2 Å². The van der Waals surface area contributed by atoms with Crippen molar-refractivity contribution in [3.8, 4) is 5.75 Å². The van der Waals surface area contributed by atoms with Gasteiger partial charge in [0.15, 0.2) is 0 Å². The maximum absolute atomic E-state index is 11.7. The van der Waals surface area contributed by atoms with Gasteiger partial charge in [-0.1, -0.05) is 23.7 Å². The van der Waals surface area contributed by atoms with Gasteiger partial charge in [0.05, 0.1) is 7.11 Å². The number of anilines is 1. The van der Waals surface area contributed by atoms with Gasteiger partial charge in [0.1, 0.15) is 11.6 Å². The van der Waals surface area contributed by atoms with E-state index in [9.17, 15) is 4.79 Å². The lowest BCUT2D eigenvalue weighted by Crippen LogP contribution is -2.28. The number of carbonyl (C=O) groups excluding carboxylic acids is 1. The number of carbonyl (C=O) groups is 1. The summed E-state index contributed by atoms with van der Waals surface area (Å²) in [5, 5.41) is 5.85. The van der Waals surface area contributed by atoms with Crippen LogP contribution in [0.2, 0.25) is 5.02 Å². The highest BCUT2D eigenvalue weighted by atomic mass is 35.5. The summed E-state index contributed by atoms with van der Waals surface area (Å²) in [5.74, 6) is 1.19. The van der Waals surface area contributed by atoms with Crippen LogP contribution in [0.25, 0.3) is 0 Å². The number of hydrogen-bond acceptors (Lipinski definition) is 3. The summed E-state index contributed by atoms with van der Waals surface area (Å²) >= 11 is 5.81. The molecule has 1 heterocycles. The number of pyridine rings is 1. The van der Waals surface area contributed by atoms with Crippen LogP contribution in [0.3, 0.4) is 0 Å². The van der Waals surface area contributed by atoms with E-state index in [2.05, 4.69) is 15.6 Å². The van der Waals surface area contributed by atoms with Crippen LogP contribution in [0.5, 0.6) is 5.75 Å². The third-order valence-electron chi connectivity index (χ3n) is 2.58. The highest BCUT2D eigenvalue weighted by Crippen LogP contribution is 2.12.